The lowest BCUT2D eigenvalue weighted by atomic mass is 10.0. The minimum absolute atomic E-state index is 0.0326. The smallest absolute Gasteiger partial charge is 0.241 e. The van der Waals surface area contributed by atoms with Crippen molar-refractivity contribution < 1.29 is 8.42 Å². The molecule has 2 rings (SSSR count). The van der Waals surface area contributed by atoms with Crippen LogP contribution in [0.4, 0.5) is 0 Å². The monoisotopic (exact) mass is 374 g/mol. The number of hydrogen-bond acceptors (Lipinski definition) is 3. The lowest BCUT2D eigenvalue weighted by Crippen LogP contribution is -2.30. The number of sulfonamides is 1. The van der Waals surface area contributed by atoms with Crippen LogP contribution in [0.5, 0.6) is 0 Å². The van der Waals surface area contributed by atoms with Crippen molar-refractivity contribution in [3.8, 4) is 0 Å². The third-order valence-electron chi connectivity index (χ3n) is 4.96. The molecule has 1 aliphatic rings. The van der Waals surface area contributed by atoms with Gasteiger partial charge in [0.05, 0.1) is 4.90 Å². The van der Waals surface area contributed by atoms with Gasteiger partial charge in [0.2, 0.25) is 10.0 Å². The van der Waals surface area contributed by atoms with Gasteiger partial charge in [0.15, 0.2) is 0 Å². The summed E-state index contributed by atoms with van der Waals surface area (Å²) in [5.41, 5.74) is 0.875. The normalized spacial score (nSPS) is 20.5. The maximum Gasteiger partial charge on any atom is 0.241 e. The quantitative estimate of drug-likeness (QED) is 0.832. The molecule has 2 N–H and O–H groups in total. The molecule has 1 aliphatic carbocycles. The summed E-state index contributed by atoms with van der Waals surface area (Å²) < 4.78 is 28.8. The topological polar surface area (TPSA) is 58.2 Å². The third-order valence-corrected chi connectivity index (χ3v) is 7.38. The fraction of sp³-hybridized carbons (Fsp3) is 0.600. The van der Waals surface area contributed by atoms with Crippen LogP contribution in [0.1, 0.15) is 33.3 Å². The fourth-order valence-corrected chi connectivity index (χ4v) is 5.32. The van der Waals surface area contributed by atoms with Crippen LogP contribution in [-0.2, 0) is 16.6 Å². The highest BCUT2D eigenvalue weighted by Gasteiger charge is 2.66. The third kappa shape index (κ3) is 2.91. The van der Waals surface area contributed by atoms with Crippen molar-refractivity contribution in [2.75, 3.05) is 7.05 Å². The molecule has 118 valence electrons. The molecule has 1 saturated carbocycles. The van der Waals surface area contributed by atoms with E-state index in [1.165, 1.54) is 0 Å². The Hall–Kier alpha value is -0.430. The average Bonchev–Trinajstić information content (AvgIpc) is 2.74. The first-order chi connectivity index (χ1) is 9.54. The molecule has 0 unspecified atom stereocenters. The molecule has 0 atom stereocenters. The molecule has 21 heavy (non-hydrogen) atoms. The summed E-state index contributed by atoms with van der Waals surface area (Å²) in [6, 6.07) is 5.36. The first-order valence-electron chi connectivity index (χ1n) is 6.99. The molecule has 0 aliphatic heterocycles. The van der Waals surface area contributed by atoms with Crippen molar-refractivity contribution in [2.24, 2.45) is 10.8 Å². The lowest BCUT2D eigenvalue weighted by molar-refractivity contribution is 0.457. The zero-order valence-electron chi connectivity index (χ0n) is 13.1. The van der Waals surface area contributed by atoms with Gasteiger partial charge in [0, 0.05) is 17.1 Å². The van der Waals surface area contributed by atoms with E-state index < -0.39 is 10.0 Å². The van der Waals surface area contributed by atoms with Crippen molar-refractivity contribution in [2.45, 2.75) is 45.2 Å². The Labute approximate surface area is 135 Å². The molecule has 0 amide bonds. The molecular weight excluding hydrogens is 352 g/mol. The van der Waals surface area contributed by atoms with Gasteiger partial charge in [0.25, 0.3) is 0 Å². The van der Waals surface area contributed by atoms with Gasteiger partial charge in [-0.25, -0.2) is 13.1 Å². The summed E-state index contributed by atoms with van der Waals surface area (Å²) in [6.07, 6.45) is 0. The standard InChI is InChI=1S/C15H23BrN2O2S/c1-14(2)13(15(14,3)4)18-21(19,20)12-8-10(9-17-5)6-7-11(12)16/h6-8,13,17-18H,9H2,1-5H3. The molecule has 0 heterocycles. The van der Waals surface area contributed by atoms with Crippen LogP contribution < -0.4 is 10.0 Å². The molecule has 1 aromatic rings. The Bertz CT molecular complexity index is 640. The Morgan fingerprint density at radius 3 is 2.24 bits per heavy atom. The van der Waals surface area contributed by atoms with E-state index in [-0.39, 0.29) is 16.9 Å². The van der Waals surface area contributed by atoms with Crippen LogP contribution in [0, 0.1) is 10.8 Å². The maximum absolute atomic E-state index is 12.7. The van der Waals surface area contributed by atoms with Crippen LogP contribution in [0.2, 0.25) is 0 Å². The first kappa shape index (κ1) is 16.9. The van der Waals surface area contributed by atoms with Crippen LogP contribution in [0.25, 0.3) is 0 Å². The molecule has 6 heteroatoms. The number of nitrogens with one attached hydrogen (secondary N) is 2. The van der Waals surface area contributed by atoms with E-state index in [1.807, 2.05) is 13.1 Å². The zero-order valence-corrected chi connectivity index (χ0v) is 15.5. The second-order valence-corrected chi connectivity index (χ2v) is 9.33. The average molecular weight is 375 g/mol. The SMILES string of the molecule is CNCc1ccc(Br)c(S(=O)(=O)NC2C(C)(C)C2(C)C)c1. The summed E-state index contributed by atoms with van der Waals surface area (Å²) in [5.74, 6) is 0. The van der Waals surface area contributed by atoms with Crippen LogP contribution in [0.3, 0.4) is 0 Å². The van der Waals surface area contributed by atoms with Crippen molar-refractivity contribution in [1.29, 1.82) is 0 Å². The highest BCUT2D eigenvalue weighted by atomic mass is 79.9. The number of hydrogen-bond donors (Lipinski definition) is 2. The van der Waals surface area contributed by atoms with E-state index in [0.717, 1.165) is 5.56 Å². The molecule has 0 radical (unpaired) electrons. The van der Waals surface area contributed by atoms with E-state index in [2.05, 4.69) is 53.7 Å². The highest BCUT2D eigenvalue weighted by Crippen LogP contribution is 2.63. The lowest BCUT2D eigenvalue weighted by Gasteiger charge is -2.11. The molecule has 1 aromatic carbocycles. The summed E-state index contributed by atoms with van der Waals surface area (Å²) in [7, 11) is -1.70. The van der Waals surface area contributed by atoms with Gasteiger partial charge in [-0.1, -0.05) is 33.8 Å². The molecule has 0 saturated heterocycles. The Kier molecular flexibility index (Phi) is 4.30. The van der Waals surface area contributed by atoms with Crippen molar-refractivity contribution in [3.05, 3.63) is 28.2 Å². The molecule has 0 bridgehead atoms. The van der Waals surface area contributed by atoms with Crippen molar-refractivity contribution >= 4 is 26.0 Å². The van der Waals surface area contributed by atoms with Gasteiger partial charge < -0.3 is 5.32 Å². The van der Waals surface area contributed by atoms with Crippen molar-refractivity contribution in [1.82, 2.24) is 10.0 Å². The van der Waals surface area contributed by atoms with Gasteiger partial charge in [-0.3, -0.25) is 0 Å². The molecule has 0 aromatic heterocycles. The van der Waals surface area contributed by atoms with Gasteiger partial charge in [-0.05, 0) is 51.5 Å². The summed E-state index contributed by atoms with van der Waals surface area (Å²) in [5, 5.41) is 3.03. The summed E-state index contributed by atoms with van der Waals surface area (Å²) in [6.45, 7) is 8.99. The van der Waals surface area contributed by atoms with Gasteiger partial charge >= 0.3 is 0 Å². The number of rotatable bonds is 5. The van der Waals surface area contributed by atoms with Crippen molar-refractivity contribution in [3.63, 3.8) is 0 Å². The Balaban J connectivity index is 2.31. The van der Waals surface area contributed by atoms with Crippen LogP contribution >= 0.6 is 15.9 Å². The van der Waals surface area contributed by atoms with E-state index in [9.17, 15) is 8.42 Å². The summed E-state index contributed by atoms with van der Waals surface area (Å²) >= 11 is 3.35. The fourth-order valence-electron chi connectivity index (χ4n) is 2.78. The molecule has 1 fully saturated rings. The molecular formula is C15H23BrN2O2S. The van der Waals surface area contributed by atoms with E-state index in [1.54, 1.807) is 12.1 Å². The second-order valence-electron chi connectivity index (χ2n) is 6.79. The summed E-state index contributed by atoms with van der Waals surface area (Å²) in [4.78, 5) is 0.300. The predicted molar refractivity (Wildman–Crippen MR) is 88.6 cm³/mol. The first-order valence-corrected chi connectivity index (χ1v) is 9.27. The number of benzene rings is 1. The maximum atomic E-state index is 12.7. The largest absolute Gasteiger partial charge is 0.316 e. The molecule has 4 nitrogen and oxygen atoms in total. The minimum atomic E-state index is -3.54. The van der Waals surface area contributed by atoms with E-state index in [4.69, 9.17) is 0 Å². The predicted octanol–water partition coefficient (Wildman–Crippen LogP) is 2.88. The number of halogens is 1. The van der Waals surface area contributed by atoms with E-state index >= 15 is 0 Å². The zero-order chi connectivity index (χ0) is 16.1. The van der Waals surface area contributed by atoms with Gasteiger partial charge in [-0.2, -0.15) is 0 Å². The Morgan fingerprint density at radius 1 is 1.19 bits per heavy atom. The minimum Gasteiger partial charge on any atom is -0.316 e. The van der Waals surface area contributed by atoms with E-state index in [0.29, 0.717) is 15.9 Å². The van der Waals surface area contributed by atoms with Gasteiger partial charge in [-0.15, -0.1) is 0 Å². The molecule has 0 spiro atoms. The van der Waals surface area contributed by atoms with Crippen LogP contribution in [0.15, 0.2) is 27.6 Å². The Morgan fingerprint density at radius 2 is 1.76 bits per heavy atom. The van der Waals surface area contributed by atoms with Crippen LogP contribution in [-0.4, -0.2) is 21.5 Å². The highest BCUT2D eigenvalue weighted by molar-refractivity contribution is 9.10. The second kappa shape index (κ2) is 5.33. The van der Waals surface area contributed by atoms with Gasteiger partial charge in [0.1, 0.15) is 0 Å².